The smallest absolute Gasteiger partial charge is 0.404 e. The van der Waals surface area contributed by atoms with Crippen LogP contribution in [0.4, 0.5) is 69.7 Å². The van der Waals surface area contributed by atoms with Gasteiger partial charge in [0.25, 0.3) is 34.2 Å². The minimum atomic E-state index is -4.75. The summed E-state index contributed by atoms with van der Waals surface area (Å²) in [7, 11) is -20.3. The van der Waals surface area contributed by atoms with Crippen molar-refractivity contribution in [3.63, 3.8) is 0 Å². The maximum atomic E-state index is 14.8. The number of ether oxygens (including phenoxy) is 3. The highest BCUT2D eigenvalue weighted by molar-refractivity contribution is 7.91. The highest BCUT2D eigenvalue weighted by Gasteiger charge is 2.42. The fraction of sp³-hybridized carbons (Fsp3) is 0.300. The second kappa shape index (κ2) is 46.4. The van der Waals surface area contributed by atoms with Crippen LogP contribution in [-0.2, 0) is 77.0 Å². The number of sulfone groups is 1. The van der Waals surface area contributed by atoms with Crippen LogP contribution in [0.1, 0.15) is 145 Å². The minimum absolute atomic E-state index is 0. The molecular weight excluding hydrogens is 1970 g/mol. The molecule has 3 amide bonds. The van der Waals surface area contributed by atoms with Crippen molar-refractivity contribution in [1.82, 2.24) is 18.9 Å². The van der Waals surface area contributed by atoms with E-state index in [4.69, 9.17) is 30.2 Å². The standard InChI is InChI=1S/C19H19ClFNO4S.C19H17F4NO4S.C19H21F2NO3S.C17H16F4N2O3S.C16H17FN2O5S.2H2S/c1-12-7-13(3-6-17(12)21)22-18(23)15-8-14(4-5-16(15)20)27(24,25)11-19(2)9-26-10-19;20-15-5-4-11(8-14(15)19(22)23)9-16(25)13-2-1-3-17(18(13)21)29(26,27)24-12-6-7-28-10-12;1-12-10-13(8-9-15(12)20)11-16(23)14-6-5-7-17(18(14)21)26(24,25)22-19(2,3)4;1-10-8-13(6-7-15(10)18)22-16(24)12-4-3-5-14(9-12)27(25,26)23-11(2)17(19,20)21;1-10-7-11(3-4-12(10)17)18-15(20)13-5-6-14(24-13)25(21,22)19-16(2)8-23-9-16;;/h3-8H,9-11H2,1-2H3,(H,22,23);1-5,8,12,19,24H,6-7,9-10H2;5-10,22H,11H2,1-4H3;3-9,11,23H,1-2H3,(H,22,24);3-7,19H,8-9H2,1-2H3,(H,18,20);2*1H2/t;12-;;11-;;;/m.0.0.../s1. The van der Waals surface area contributed by atoms with E-state index in [9.17, 15) is 119 Å². The van der Waals surface area contributed by atoms with Gasteiger partial charge in [0.2, 0.25) is 35.2 Å². The number of hydrogen-bond donors (Lipinski definition) is 7. The molecule has 46 heteroatoms. The molecule has 7 N–H and O–H groups in total. The molecular formula is C90H94ClF12N7O19S7. The van der Waals surface area contributed by atoms with E-state index in [1.54, 1.807) is 48.5 Å². The number of alkyl halides is 5. The normalized spacial score (nSPS) is 14.8. The van der Waals surface area contributed by atoms with Crippen molar-refractivity contribution < 1.29 is 137 Å². The summed E-state index contributed by atoms with van der Waals surface area (Å²) < 4.78 is 312. The van der Waals surface area contributed by atoms with Crippen molar-refractivity contribution in [2.24, 2.45) is 5.41 Å². The number of carbonyl (C=O) groups excluding carboxylic acids is 5. The number of furan rings is 1. The molecule has 0 spiro atoms. The molecule has 1 aromatic heterocycles. The predicted octanol–water partition coefficient (Wildman–Crippen LogP) is 16.9. The fourth-order valence-corrected chi connectivity index (χ4v) is 20.3. The number of anilines is 3. The van der Waals surface area contributed by atoms with Crippen LogP contribution < -0.4 is 34.8 Å². The van der Waals surface area contributed by atoms with Gasteiger partial charge in [-0.3, -0.25) is 24.0 Å². The van der Waals surface area contributed by atoms with Crippen LogP contribution in [0.3, 0.4) is 0 Å². The van der Waals surface area contributed by atoms with Gasteiger partial charge in [-0.05, 0) is 248 Å². The molecule has 0 unspecified atom stereocenters. The average Bonchev–Trinajstić information content (AvgIpc) is 1.48. The number of sulfonamides is 4. The maximum absolute atomic E-state index is 14.8. The molecule has 4 heterocycles. The lowest BCUT2D eigenvalue weighted by molar-refractivity contribution is -0.147. The molecule has 0 bridgehead atoms. The quantitative estimate of drug-likeness (QED) is 0.0186. The Morgan fingerprint density at radius 2 is 0.963 bits per heavy atom. The van der Waals surface area contributed by atoms with Crippen molar-refractivity contribution in [3.8, 4) is 0 Å². The van der Waals surface area contributed by atoms with Gasteiger partial charge >= 0.3 is 6.18 Å². The first-order valence-electron chi connectivity index (χ1n) is 40.1. The Morgan fingerprint density at radius 1 is 0.493 bits per heavy atom. The molecule has 136 heavy (non-hydrogen) atoms. The summed E-state index contributed by atoms with van der Waals surface area (Å²) >= 11 is 6.10. The lowest BCUT2D eigenvalue weighted by Crippen LogP contribution is -2.59. The third kappa shape index (κ3) is 30.8. The second-order valence-corrected chi connectivity index (χ2v) is 41.9. The highest BCUT2D eigenvalue weighted by atomic mass is 35.5. The summed E-state index contributed by atoms with van der Waals surface area (Å²) in [6.45, 7) is 17.2. The van der Waals surface area contributed by atoms with E-state index in [1.165, 1.54) is 139 Å². The van der Waals surface area contributed by atoms with E-state index >= 15 is 0 Å². The first-order chi connectivity index (χ1) is 62.3. The summed E-state index contributed by atoms with van der Waals surface area (Å²) in [5, 5.41) is 7.38. The maximum Gasteiger partial charge on any atom is 0.404 e. The SMILES string of the molecule is Cc1cc(CC(=O)c2cccc(S(=O)(=O)NC(C)(C)C)c2F)ccc1F.Cc1cc(NC(=O)c2cc(S(=O)(=O)CC3(C)COC3)ccc2Cl)ccc1F.Cc1cc(NC(=O)c2ccc(S(=O)(=O)NC3(C)COC3)o2)ccc1F.Cc1cc(NC(=O)c2cccc(S(=O)(=O)N[C@@H](C)C(F)(F)F)c2)ccc1F.O=C(Cc1ccc(F)c(C(F)F)c1)c1cccc(S(=O)(=O)N[C@H]2CCOC2)c1F.S.S. The Morgan fingerprint density at radius 3 is 1.42 bits per heavy atom. The van der Waals surface area contributed by atoms with Crippen molar-refractivity contribution in [2.75, 3.05) is 61.3 Å². The Balaban J connectivity index is 0.000000231. The summed E-state index contributed by atoms with van der Waals surface area (Å²) in [4.78, 5) is 60.2. The fourth-order valence-electron chi connectivity index (χ4n) is 12.8. The second-order valence-electron chi connectivity index (χ2n) is 32.9. The number of Topliss-reactive ketones (excluding diaryl/α,β-unsaturated/α-hetero) is 2. The summed E-state index contributed by atoms with van der Waals surface area (Å²) in [6.07, 6.45) is -8.03. The molecule has 0 saturated carbocycles. The van der Waals surface area contributed by atoms with Crippen molar-refractivity contribution in [2.45, 2.75) is 149 Å². The zero-order valence-corrected chi connectivity index (χ0v) is 80.7. The number of halogens is 13. The van der Waals surface area contributed by atoms with Gasteiger partial charge in [0, 0.05) is 59.1 Å². The van der Waals surface area contributed by atoms with Crippen LogP contribution in [0, 0.1) is 73.8 Å². The number of amides is 3. The monoisotopic (exact) mass is 2060 g/mol. The average molecular weight is 2070 g/mol. The molecule has 0 aliphatic carbocycles. The number of benzene rings is 9. The molecule has 10 aromatic rings. The first kappa shape index (κ1) is 113. The topological polar surface area (TPSA) is 381 Å². The molecule has 13 rings (SSSR count). The van der Waals surface area contributed by atoms with Crippen LogP contribution in [0.15, 0.2) is 211 Å². The minimum Gasteiger partial charge on any atom is -0.438 e. The van der Waals surface area contributed by atoms with Gasteiger partial charge in [-0.2, -0.15) is 49.6 Å². The van der Waals surface area contributed by atoms with Gasteiger partial charge in [0.15, 0.2) is 38.8 Å². The van der Waals surface area contributed by atoms with Crippen LogP contribution >= 0.6 is 38.6 Å². The highest BCUT2D eigenvalue weighted by Crippen LogP contribution is 2.35. The Bertz CT molecular complexity index is 6710. The van der Waals surface area contributed by atoms with Crippen LogP contribution in [0.25, 0.3) is 0 Å². The Kier molecular flexibility index (Phi) is 38.4. The largest absolute Gasteiger partial charge is 0.438 e. The summed E-state index contributed by atoms with van der Waals surface area (Å²) in [6, 6.07) is 34.4. The van der Waals surface area contributed by atoms with Gasteiger partial charge in [0.1, 0.15) is 44.9 Å². The number of aryl methyl sites for hydroxylation is 4. The number of ketones is 2. The van der Waals surface area contributed by atoms with Gasteiger partial charge in [-0.1, -0.05) is 54.9 Å². The van der Waals surface area contributed by atoms with Crippen LogP contribution in [0.2, 0.25) is 5.02 Å². The molecule has 736 valence electrons. The van der Waals surface area contributed by atoms with Crippen LogP contribution in [0.5, 0.6) is 0 Å². The van der Waals surface area contributed by atoms with Crippen LogP contribution in [-0.4, -0.2) is 146 Å². The molecule has 3 aliphatic heterocycles. The van der Waals surface area contributed by atoms with E-state index in [0.717, 1.165) is 54.6 Å². The molecule has 26 nitrogen and oxygen atoms in total. The molecule has 9 aromatic carbocycles. The molecule has 2 atom stereocenters. The first-order valence-corrected chi connectivity index (χ1v) is 48.1. The van der Waals surface area contributed by atoms with E-state index in [0.29, 0.717) is 72.4 Å². The van der Waals surface area contributed by atoms with E-state index in [1.807, 2.05) is 6.92 Å². The van der Waals surface area contributed by atoms with Gasteiger partial charge in [-0.15, -0.1) is 0 Å². The third-order valence-corrected chi connectivity index (χ3v) is 28.5. The van der Waals surface area contributed by atoms with Gasteiger partial charge < -0.3 is 34.6 Å². The Labute approximate surface area is 796 Å². The van der Waals surface area contributed by atoms with Crippen molar-refractivity contribution in [3.05, 3.63) is 295 Å². The van der Waals surface area contributed by atoms with E-state index in [-0.39, 0.29) is 119 Å². The number of hydrogen-bond acceptors (Lipinski definition) is 19. The zero-order valence-electron chi connectivity index (χ0n) is 73.8. The van der Waals surface area contributed by atoms with E-state index in [2.05, 4.69) is 30.1 Å². The zero-order chi connectivity index (χ0) is 99.3. The van der Waals surface area contributed by atoms with E-state index < -0.39 is 182 Å². The molecule has 3 fully saturated rings. The number of rotatable bonds is 27. The summed E-state index contributed by atoms with van der Waals surface area (Å²) in [5.41, 5.74) is -0.562. The van der Waals surface area contributed by atoms with Gasteiger partial charge in [0.05, 0.1) is 81.4 Å². The van der Waals surface area contributed by atoms with Crippen molar-refractivity contribution >= 4 is 135 Å². The molecule has 0 radical (unpaired) electrons. The van der Waals surface area contributed by atoms with Crippen molar-refractivity contribution in [1.29, 1.82) is 0 Å². The predicted molar refractivity (Wildman–Crippen MR) is 492 cm³/mol. The number of carbonyl (C=O) groups is 5. The van der Waals surface area contributed by atoms with Gasteiger partial charge in [-0.25, -0.2) is 91.0 Å². The summed E-state index contributed by atoms with van der Waals surface area (Å²) in [5.74, 6) is -8.59. The lowest BCUT2D eigenvalue weighted by atomic mass is 9.92. The number of nitrogens with one attached hydrogen (secondary N) is 7. The Hall–Kier alpha value is -10.4. The third-order valence-electron chi connectivity index (χ3n) is 19.8. The lowest BCUT2D eigenvalue weighted by Gasteiger charge is -2.37. The molecule has 3 saturated heterocycles. The molecule has 3 aliphatic rings.